The molecule has 1 fully saturated rings. The predicted octanol–water partition coefficient (Wildman–Crippen LogP) is 3.49. The zero-order valence-corrected chi connectivity index (χ0v) is 16.5. The van der Waals surface area contributed by atoms with Crippen LogP contribution in [-0.4, -0.2) is 52.1 Å². The number of nitrogens with zero attached hydrogens (tertiary/aromatic N) is 4. The minimum absolute atomic E-state index is 0.113. The number of fused-ring (bicyclic) bond motifs is 1. The highest BCUT2D eigenvalue weighted by Gasteiger charge is 2.29. The zero-order valence-electron chi connectivity index (χ0n) is 15.6. The van der Waals surface area contributed by atoms with E-state index in [-0.39, 0.29) is 18.5 Å². The molecule has 0 aliphatic carbocycles. The van der Waals surface area contributed by atoms with Gasteiger partial charge in [-0.15, -0.1) is 11.3 Å². The number of pyridine rings is 1. The molecule has 1 aliphatic heterocycles. The van der Waals surface area contributed by atoms with E-state index in [0.29, 0.717) is 34.8 Å². The molecule has 3 aromatic heterocycles. The molecule has 7 nitrogen and oxygen atoms in total. The predicted molar refractivity (Wildman–Crippen MR) is 109 cm³/mol. The zero-order chi connectivity index (χ0) is 19.7. The van der Waals surface area contributed by atoms with Crippen molar-refractivity contribution in [1.29, 1.82) is 0 Å². The molecule has 0 aromatic carbocycles. The molecule has 146 valence electrons. The minimum Gasteiger partial charge on any atom is -0.380 e. The Balaban J connectivity index is 1.70. The van der Waals surface area contributed by atoms with E-state index in [1.54, 1.807) is 6.20 Å². The lowest BCUT2D eigenvalue weighted by Gasteiger charge is -2.17. The van der Waals surface area contributed by atoms with Crippen LogP contribution < -0.4 is 10.6 Å². The van der Waals surface area contributed by atoms with Crippen molar-refractivity contribution in [2.24, 2.45) is 0 Å². The molecule has 0 radical (unpaired) electrons. The number of halogens is 1. The molecule has 1 amide bonds. The van der Waals surface area contributed by atoms with Gasteiger partial charge in [0.25, 0.3) is 5.91 Å². The monoisotopic (exact) mass is 400 g/mol. The Labute approximate surface area is 166 Å². The summed E-state index contributed by atoms with van der Waals surface area (Å²) in [6.07, 6.45) is 1.12. The highest BCUT2D eigenvalue weighted by molar-refractivity contribution is 7.23. The van der Waals surface area contributed by atoms with Crippen LogP contribution in [0.5, 0.6) is 0 Å². The van der Waals surface area contributed by atoms with E-state index < -0.39 is 6.17 Å². The third-order valence-corrected chi connectivity index (χ3v) is 5.86. The quantitative estimate of drug-likeness (QED) is 0.682. The summed E-state index contributed by atoms with van der Waals surface area (Å²) in [5.41, 5.74) is 1.83. The Bertz CT molecular complexity index is 995. The number of carbonyl (C=O) groups excluding carboxylic acids is 1. The Hall–Kier alpha value is -2.81. The first-order chi connectivity index (χ1) is 13.5. The van der Waals surface area contributed by atoms with Crippen molar-refractivity contribution in [1.82, 2.24) is 19.9 Å². The number of alkyl halides is 1. The normalized spacial score (nSPS) is 17.7. The van der Waals surface area contributed by atoms with Gasteiger partial charge in [-0.1, -0.05) is 6.07 Å². The molecule has 0 saturated carbocycles. The smallest absolute Gasteiger partial charge is 0.274 e. The molecule has 2 atom stereocenters. The van der Waals surface area contributed by atoms with E-state index in [4.69, 9.17) is 0 Å². The van der Waals surface area contributed by atoms with Gasteiger partial charge >= 0.3 is 0 Å². The maximum atomic E-state index is 13.6. The number of amides is 1. The van der Waals surface area contributed by atoms with Crippen molar-refractivity contribution in [2.75, 3.05) is 30.8 Å². The summed E-state index contributed by atoms with van der Waals surface area (Å²) in [6.45, 7) is 2.47. The molecule has 0 spiro atoms. The average Bonchev–Trinajstić information content (AvgIpc) is 3.33. The summed E-state index contributed by atoms with van der Waals surface area (Å²) in [5.74, 6) is 0.0936. The van der Waals surface area contributed by atoms with Crippen LogP contribution in [0.15, 0.2) is 30.5 Å². The number of nitrogens with one attached hydrogen (secondary N) is 2. The van der Waals surface area contributed by atoms with Gasteiger partial charge in [-0.3, -0.25) is 9.78 Å². The van der Waals surface area contributed by atoms with Crippen molar-refractivity contribution < 1.29 is 9.18 Å². The van der Waals surface area contributed by atoms with Gasteiger partial charge in [0.1, 0.15) is 6.17 Å². The van der Waals surface area contributed by atoms with Crippen LogP contribution in [0.2, 0.25) is 0 Å². The second-order valence-corrected chi connectivity index (χ2v) is 7.78. The second kappa shape index (κ2) is 7.67. The SMILES string of the molecule is CNc1cc2nc(N[C@@H](C)c3ccccn3)nc(C(=O)N3CC[C@@H](F)C3)c2s1. The van der Waals surface area contributed by atoms with Crippen LogP contribution in [0.4, 0.5) is 15.3 Å². The lowest BCUT2D eigenvalue weighted by molar-refractivity contribution is 0.0779. The molecule has 1 aliphatic rings. The molecule has 0 unspecified atom stereocenters. The fourth-order valence-electron chi connectivity index (χ4n) is 3.21. The Morgan fingerprint density at radius 2 is 2.25 bits per heavy atom. The number of aromatic nitrogens is 3. The van der Waals surface area contributed by atoms with Crippen molar-refractivity contribution in [3.8, 4) is 0 Å². The second-order valence-electron chi connectivity index (χ2n) is 6.73. The fourth-order valence-corrected chi connectivity index (χ4v) is 4.15. The van der Waals surface area contributed by atoms with E-state index in [0.717, 1.165) is 10.7 Å². The van der Waals surface area contributed by atoms with Gasteiger partial charge in [0.15, 0.2) is 5.69 Å². The number of rotatable bonds is 5. The van der Waals surface area contributed by atoms with Gasteiger partial charge in [-0.2, -0.15) is 0 Å². The van der Waals surface area contributed by atoms with E-state index in [2.05, 4.69) is 25.6 Å². The molecule has 3 aromatic rings. The molecule has 4 heterocycles. The number of thiophene rings is 1. The number of likely N-dealkylation sites (tertiary alicyclic amines) is 1. The van der Waals surface area contributed by atoms with Crippen LogP contribution >= 0.6 is 11.3 Å². The number of carbonyl (C=O) groups is 1. The number of hydrogen-bond donors (Lipinski definition) is 2. The van der Waals surface area contributed by atoms with Crippen LogP contribution in [0.25, 0.3) is 10.2 Å². The molecule has 4 rings (SSSR count). The summed E-state index contributed by atoms with van der Waals surface area (Å²) >= 11 is 1.42. The van der Waals surface area contributed by atoms with Gasteiger partial charge in [-0.25, -0.2) is 14.4 Å². The lowest BCUT2D eigenvalue weighted by atomic mass is 10.2. The standard InChI is InChI=1S/C19H21FN6OS/c1-11(13-5-3-4-7-22-13)23-19-24-14-9-15(21-2)28-17(14)16(25-19)18(27)26-8-6-12(20)10-26/h3-5,7,9,11-12,21H,6,8,10H2,1-2H3,(H,23,24,25)/t11-,12+/m0/s1. The molecule has 1 saturated heterocycles. The van der Waals surface area contributed by atoms with Gasteiger partial charge in [-0.05, 0) is 31.5 Å². The first-order valence-corrected chi connectivity index (χ1v) is 9.97. The molecule has 9 heteroatoms. The summed E-state index contributed by atoms with van der Waals surface area (Å²) < 4.78 is 14.3. The van der Waals surface area contributed by atoms with Crippen LogP contribution in [-0.2, 0) is 0 Å². The summed E-state index contributed by atoms with van der Waals surface area (Å²) in [7, 11) is 1.82. The highest BCUT2D eigenvalue weighted by atomic mass is 32.1. The molecular formula is C19H21FN6OS. The molecular weight excluding hydrogens is 379 g/mol. The lowest BCUT2D eigenvalue weighted by Crippen LogP contribution is -2.30. The maximum absolute atomic E-state index is 13.6. The first kappa shape index (κ1) is 18.5. The van der Waals surface area contributed by atoms with Crippen LogP contribution in [0, 0.1) is 0 Å². The van der Waals surface area contributed by atoms with E-state index in [1.807, 2.05) is 38.2 Å². The molecule has 2 N–H and O–H groups in total. The Kier molecular flexibility index (Phi) is 5.08. The van der Waals surface area contributed by atoms with E-state index in [9.17, 15) is 9.18 Å². The van der Waals surface area contributed by atoms with Gasteiger partial charge in [0.2, 0.25) is 5.95 Å². The summed E-state index contributed by atoms with van der Waals surface area (Å²) in [5, 5.41) is 7.19. The molecule has 0 bridgehead atoms. The van der Waals surface area contributed by atoms with Crippen molar-refractivity contribution >= 4 is 38.4 Å². The van der Waals surface area contributed by atoms with Gasteiger partial charge in [0.05, 0.1) is 33.5 Å². The van der Waals surface area contributed by atoms with Crippen molar-refractivity contribution in [3.05, 3.63) is 41.9 Å². The van der Waals surface area contributed by atoms with Crippen molar-refractivity contribution in [2.45, 2.75) is 25.6 Å². The largest absolute Gasteiger partial charge is 0.380 e. The van der Waals surface area contributed by atoms with Crippen LogP contribution in [0.3, 0.4) is 0 Å². The average molecular weight is 400 g/mol. The highest BCUT2D eigenvalue weighted by Crippen LogP contribution is 2.32. The van der Waals surface area contributed by atoms with Crippen molar-refractivity contribution in [3.63, 3.8) is 0 Å². The minimum atomic E-state index is -0.973. The molecule has 28 heavy (non-hydrogen) atoms. The van der Waals surface area contributed by atoms with E-state index >= 15 is 0 Å². The Morgan fingerprint density at radius 1 is 1.39 bits per heavy atom. The third kappa shape index (κ3) is 3.62. The Morgan fingerprint density at radius 3 is 2.93 bits per heavy atom. The van der Waals surface area contributed by atoms with Crippen LogP contribution in [0.1, 0.15) is 35.6 Å². The first-order valence-electron chi connectivity index (χ1n) is 9.15. The third-order valence-electron chi connectivity index (χ3n) is 4.72. The maximum Gasteiger partial charge on any atom is 0.274 e. The summed E-state index contributed by atoms with van der Waals surface area (Å²) in [6, 6.07) is 7.44. The number of anilines is 2. The van der Waals surface area contributed by atoms with Gasteiger partial charge in [0, 0.05) is 19.8 Å². The van der Waals surface area contributed by atoms with E-state index in [1.165, 1.54) is 16.2 Å². The topological polar surface area (TPSA) is 83.0 Å². The number of hydrogen-bond acceptors (Lipinski definition) is 7. The fraction of sp³-hybridized carbons (Fsp3) is 0.368. The summed E-state index contributed by atoms with van der Waals surface area (Å²) in [4.78, 5) is 28.0. The van der Waals surface area contributed by atoms with Gasteiger partial charge < -0.3 is 15.5 Å².